The van der Waals surface area contributed by atoms with Gasteiger partial charge < -0.3 is 4.74 Å². The molecule has 118 valence electrons. The zero-order chi connectivity index (χ0) is 16.4. The van der Waals surface area contributed by atoms with Crippen molar-refractivity contribution in [1.29, 1.82) is 0 Å². The molecule has 2 aromatic carbocycles. The monoisotopic (exact) mass is 309 g/mol. The summed E-state index contributed by atoms with van der Waals surface area (Å²) in [7, 11) is 0. The zero-order valence-corrected chi connectivity index (χ0v) is 13.4. The molecule has 1 atom stereocenters. The van der Waals surface area contributed by atoms with Crippen LogP contribution in [-0.4, -0.2) is 20.8 Å². The summed E-state index contributed by atoms with van der Waals surface area (Å²) in [5, 5.41) is 8.27. The number of hydrogen-bond acceptors (Lipinski definition) is 4. The average molecular weight is 309 g/mol. The number of nitrogens with zero attached hydrogens (tertiary/aromatic N) is 3. The van der Waals surface area contributed by atoms with Crippen molar-refractivity contribution in [3.63, 3.8) is 0 Å². The summed E-state index contributed by atoms with van der Waals surface area (Å²) in [6.07, 6.45) is -0.857. The molecule has 0 saturated heterocycles. The van der Waals surface area contributed by atoms with E-state index in [4.69, 9.17) is 4.74 Å². The van der Waals surface area contributed by atoms with Crippen molar-refractivity contribution in [2.45, 2.75) is 27.0 Å². The fourth-order valence-corrected chi connectivity index (χ4v) is 2.27. The number of rotatable bonds is 4. The van der Waals surface area contributed by atoms with Crippen LogP contribution in [0.5, 0.6) is 5.75 Å². The Morgan fingerprint density at radius 2 is 1.70 bits per heavy atom. The molecular weight excluding hydrogens is 290 g/mol. The van der Waals surface area contributed by atoms with Crippen molar-refractivity contribution in [1.82, 2.24) is 15.0 Å². The lowest BCUT2D eigenvalue weighted by Gasteiger charge is -2.25. The van der Waals surface area contributed by atoms with Gasteiger partial charge in [0.2, 0.25) is 5.78 Å². The Morgan fingerprint density at radius 3 is 2.39 bits per heavy atom. The van der Waals surface area contributed by atoms with E-state index in [0.717, 1.165) is 11.0 Å². The molecule has 5 nitrogen and oxygen atoms in total. The molecule has 1 unspecified atom stereocenters. The first-order valence-electron chi connectivity index (χ1n) is 7.53. The minimum atomic E-state index is -0.857. The normalized spacial score (nSPS) is 13.0. The van der Waals surface area contributed by atoms with E-state index >= 15 is 0 Å². The first-order valence-corrected chi connectivity index (χ1v) is 7.53. The highest BCUT2D eigenvalue weighted by Gasteiger charge is 2.34. The van der Waals surface area contributed by atoms with Crippen LogP contribution in [0.2, 0.25) is 0 Å². The fraction of sp³-hybridized carbons (Fsp3) is 0.278. The molecule has 5 heteroatoms. The average Bonchev–Trinajstić information content (AvgIpc) is 2.96. The summed E-state index contributed by atoms with van der Waals surface area (Å²) in [6, 6.07) is 16.8. The molecule has 1 aromatic heterocycles. The lowest BCUT2D eigenvalue weighted by Crippen LogP contribution is -2.34. The Balaban J connectivity index is 2.06. The quantitative estimate of drug-likeness (QED) is 0.738. The minimum absolute atomic E-state index is 0.0583. The first-order chi connectivity index (χ1) is 11.0. The molecule has 0 aliphatic heterocycles. The zero-order valence-electron chi connectivity index (χ0n) is 13.4. The van der Waals surface area contributed by atoms with Crippen molar-refractivity contribution in [2.75, 3.05) is 0 Å². The summed E-state index contributed by atoms with van der Waals surface area (Å²) in [5.74, 6) is 0.562. The molecule has 0 fully saturated rings. The van der Waals surface area contributed by atoms with Crippen LogP contribution >= 0.6 is 0 Å². The number of aromatic nitrogens is 3. The molecule has 0 aliphatic carbocycles. The number of para-hydroxylation sites is 2. The second-order valence-corrected chi connectivity index (χ2v) is 6.42. The van der Waals surface area contributed by atoms with Gasteiger partial charge in [-0.3, -0.25) is 4.79 Å². The van der Waals surface area contributed by atoms with Gasteiger partial charge in [0.15, 0.2) is 0 Å². The maximum atomic E-state index is 12.9. The lowest BCUT2D eigenvalue weighted by atomic mass is 9.89. The topological polar surface area (TPSA) is 57.0 Å². The fourth-order valence-electron chi connectivity index (χ4n) is 2.27. The number of benzene rings is 2. The van der Waals surface area contributed by atoms with Crippen LogP contribution in [0.3, 0.4) is 0 Å². The number of fused-ring (bicyclic) bond motifs is 1. The van der Waals surface area contributed by atoms with Crippen LogP contribution in [0.1, 0.15) is 27.0 Å². The van der Waals surface area contributed by atoms with E-state index in [9.17, 15) is 4.79 Å². The summed E-state index contributed by atoms with van der Waals surface area (Å²) < 4.78 is 7.52. The second kappa shape index (κ2) is 5.83. The highest BCUT2D eigenvalue weighted by atomic mass is 16.5. The number of Topliss-reactive ketones (excluding diaryl/α,β-unsaturated/α-hetero) is 1. The van der Waals surface area contributed by atoms with E-state index in [2.05, 4.69) is 10.3 Å². The van der Waals surface area contributed by atoms with Crippen molar-refractivity contribution < 1.29 is 9.53 Å². The van der Waals surface area contributed by atoms with Gasteiger partial charge in [0.1, 0.15) is 11.3 Å². The van der Waals surface area contributed by atoms with Gasteiger partial charge >= 0.3 is 0 Å². The van der Waals surface area contributed by atoms with Gasteiger partial charge in [-0.05, 0) is 24.3 Å². The van der Waals surface area contributed by atoms with E-state index in [0.29, 0.717) is 5.75 Å². The molecule has 3 aromatic rings. The van der Waals surface area contributed by atoms with Gasteiger partial charge in [0.25, 0.3) is 6.23 Å². The maximum Gasteiger partial charge on any atom is 0.252 e. The molecule has 0 N–H and O–H groups in total. The Morgan fingerprint density at radius 1 is 1.04 bits per heavy atom. The predicted molar refractivity (Wildman–Crippen MR) is 88.1 cm³/mol. The second-order valence-electron chi connectivity index (χ2n) is 6.42. The molecular formula is C18H19N3O2. The third-order valence-corrected chi connectivity index (χ3v) is 3.55. The molecule has 0 aliphatic rings. The van der Waals surface area contributed by atoms with Crippen molar-refractivity contribution in [3.05, 3.63) is 54.6 Å². The van der Waals surface area contributed by atoms with Gasteiger partial charge in [-0.15, -0.1) is 5.10 Å². The van der Waals surface area contributed by atoms with E-state index in [1.807, 2.05) is 75.4 Å². The number of carbonyl (C=O) groups is 1. The van der Waals surface area contributed by atoms with Crippen LogP contribution in [0.25, 0.3) is 11.0 Å². The minimum Gasteiger partial charge on any atom is -0.461 e. The number of ether oxygens (including phenoxy) is 1. The molecule has 1 heterocycles. The van der Waals surface area contributed by atoms with Gasteiger partial charge in [0.05, 0.1) is 5.52 Å². The van der Waals surface area contributed by atoms with Crippen molar-refractivity contribution in [3.8, 4) is 5.75 Å². The summed E-state index contributed by atoms with van der Waals surface area (Å²) in [5.41, 5.74) is 0.939. The Hall–Kier alpha value is -2.69. The third-order valence-electron chi connectivity index (χ3n) is 3.55. The number of carbonyl (C=O) groups excluding carboxylic acids is 1. The van der Waals surface area contributed by atoms with Crippen LogP contribution in [0.4, 0.5) is 0 Å². The van der Waals surface area contributed by atoms with Gasteiger partial charge in [-0.1, -0.05) is 56.3 Å². The van der Waals surface area contributed by atoms with Crippen LogP contribution in [-0.2, 0) is 4.79 Å². The van der Waals surface area contributed by atoms with Crippen molar-refractivity contribution in [2.24, 2.45) is 5.41 Å². The van der Waals surface area contributed by atoms with Crippen LogP contribution in [0.15, 0.2) is 54.6 Å². The predicted octanol–water partition coefficient (Wildman–Crippen LogP) is 3.62. The van der Waals surface area contributed by atoms with Gasteiger partial charge in [0, 0.05) is 5.41 Å². The van der Waals surface area contributed by atoms with Crippen LogP contribution < -0.4 is 4.74 Å². The van der Waals surface area contributed by atoms with E-state index < -0.39 is 11.6 Å². The molecule has 0 spiro atoms. The lowest BCUT2D eigenvalue weighted by molar-refractivity contribution is -0.138. The summed E-state index contributed by atoms with van der Waals surface area (Å²) >= 11 is 0. The highest BCUT2D eigenvalue weighted by molar-refractivity contribution is 5.88. The Labute approximate surface area is 134 Å². The number of hydrogen-bond donors (Lipinski definition) is 0. The molecule has 0 bridgehead atoms. The van der Waals surface area contributed by atoms with E-state index in [-0.39, 0.29) is 5.78 Å². The highest BCUT2D eigenvalue weighted by Crippen LogP contribution is 2.28. The third kappa shape index (κ3) is 3.08. The van der Waals surface area contributed by atoms with E-state index in [1.54, 1.807) is 4.68 Å². The molecule has 0 radical (unpaired) electrons. The van der Waals surface area contributed by atoms with Crippen molar-refractivity contribution >= 4 is 16.8 Å². The molecule has 0 amide bonds. The number of ketones is 1. The summed E-state index contributed by atoms with van der Waals surface area (Å²) in [6.45, 7) is 5.61. The standard InChI is InChI=1S/C18H19N3O2/c1-18(2,3)16(22)17(23-13-9-5-4-6-10-13)21-15-12-8-7-11-14(15)19-20-21/h4-12,17H,1-3H3. The van der Waals surface area contributed by atoms with Gasteiger partial charge in [-0.2, -0.15) is 4.68 Å². The summed E-state index contributed by atoms with van der Waals surface area (Å²) in [4.78, 5) is 12.9. The Bertz CT molecular complexity index is 819. The van der Waals surface area contributed by atoms with Crippen LogP contribution in [0, 0.1) is 5.41 Å². The first kappa shape index (κ1) is 15.2. The smallest absolute Gasteiger partial charge is 0.252 e. The largest absolute Gasteiger partial charge is 0.461 e. The molecule has 23 heavy (non-hydrogen) atoms. The molecule has 0 saturated carbocycles. The van der Waals surface area contributed by atoms with E-state index in [1.165, 1.54) is 0 Å². The Kier molecular flexibility index (Phi) is 3.86. The SMILES string of the molecule is CC(C)(C)C(=O)C(Oc1ccccc1)n1nnc2ccccc21. The maximum absolute atomic E-state index is 12.9. The van der Waals surface area contributed by atoms with Gasteiger partial charge in [-0.25, -0.2) is 0 Å². The molecule has 3 rings (SSSR count).